The summed E-state index contributed by atoms with van der Waals surface area (Å²) in [6.45, 7) is 12.3. The molecule has 0 spiro atoms. The summed E-state index contributed by atoms with van der Waals surface area (Å²) >= 11 is 0. The van der Waals surface area contributed by atoms with Gasteiger partial charge in [-0.3, -0.25) is 5.32 Å². The monoisotopic (exact) mass is 395 g/mol. The van der Waals surface area contributed by atoms with Crippen molar-refractivity contribution in [1.82, 2.24) is 0 Å². The highest BCUT2D eigenvalue weighted by atomic mass is 19.1. The Bertz CT molecular complexity index is 771. The lowest BCUT2D eigenvalue weighted by molar-refractivity contribution is 0.00578. The van der Waals surface area contributed by atoms with E-state index in [1.165, 1.54) is 19.2 Å². The summed E-state index contributed by atoms with van der Waals surface area (Å²) in [7, 11) is 0.0423. The lowest BCUT2D eigenvalue weighted by Crippen LogP contribution is -2.41. The van der Waals surface area contributed by atoms with E-state index in [1.807, 2.05) is 27.7 Å². The molecule has 1 aliphatic rings. The van der Waals surface area contributed by atoms with E-state index in [-0.39, 0.29) is 16.7 Å². The molecule has 0 radical (unpaired) electrons. The largest absolute Gasteiger partial charge is 0.498 e. The third-order valence-electron chi connectivity index (χ3n) is 4.71. The molecule has 2 rings (SSSR count). The van der Waals surface area contributed by atoms with Crippen LogP contribution in [0, 0.1) is 5.82 Å². The van der Waals surface area contributed by atoms with Crippen molar-refractivity contribution in [2.75, 3.05) is 12.4 Å². The standard InChI is InChI=1S/C19H27BFNO6/c1-17(2,3)26-16(24)22-12-10-9-11(15(23)25-8)13(14(12)21)20-27-18(4,5)19(6,7)28-20/h9-10H,1-8H3,(H,22,24). The van der Waals surface area contributed by atoms with E-state index < -0.39 is 41.8 Å². The minimum Gasteiger partial charge on any atom is -0.465 e. The Kier molecular flexibility index (Phi) is 5.83. The number of amides is 1. The maximum Gasteiger partial charge on any atom is 0.498 e. The fourth-order valence-corrected chi connectivity index (χ4v) is 2.58. The van der Waals surface area contributed by atoms with Gasteiger partial charge in [-0.15, -0.1) is 0 Å². The number of carbonyl (C=O) groups is 2. The Hall–Kier alpha value is -2.13. The third kappa shape index (κ3) is 4.47. The van der Waals surface area contributed by atoms with Crippen molar-refractivity contribution in [2.24, 2.45) is 0 Å². The van der Waals surface area contributed by atoms with E-state index >= 15 is 4.39 Å². The molecular formula is C19H27BFNO6. The van der Waals surface area contributed by atoms with Crippen molar-refractivity contribution in [2.45, 2.75) is 65.3 Å². The summed E-state index contributed by atoms with van der Waals surface area (Å²) in [4.78, 5) is 24.2. The Balaban J connectivity index is 2.47. The Morgan fingerprint density at radius 2 is 1.64 bits per heavy atom. The molecule has 1 saturated heterocycles. The maximum atomic E-state index is 15.3. The average Bonchev–Trinajstić information content (AvgIpc) is 2.74. The predicted molar refractivity (Wildman–Crippen MR) is 103 cm³/mol. The van der Waals surface area contributed by atoms with Gasteiger partial charge in [0.2, 0.25) is 0 Å². The van der Waals surface area contributed by atoms with E-state index in [0.29, 0.717) is 0 Å². The van der Waals surface area contributed by atoms with Crippen LogP contribution in [0.3, 0.4) is 0 Å². The SMILES string of the molecule is COC(=O)c1ccc(NC(=O)OC(C)(C)C)c(F)c1B1OC(C)(C)C(C)(C)O1. The van der Waals surface area contributed by atoms with E-state index in [1.54, 1.807) is 20.8 Å². The number of benzene rings is 1. The first kappa shape index (κ1) is 22.2. The predicted octanol–water partition coefficient (Wildman–Crippen LogP) is 3.26. The van der Waals surface area contributed by atoms with Crippen LogP contribution in [0.2, 0.25) is 0 Å². The van der Waals surface area contributed by atoms with Crippen molar-refractivity contribution < 1.29 is 32.8 Å². The molecule has 1 aromatic carbocycles. The molecule has 1 amide bonds. The number of hydrogen-bond donors (Lipinski definition) is 1. The first-order valence-corrected chi connectivity index (χ1v) is 8.95. The van der Waals surface area contributed by atoms with Gasteiger partial charge in [0.1, 0.15) is 11.4 Å². The molecule has 0 aromatic heterocycles. The van der Waals surface area contributed by atoms with Crippen LogP contribution in [0.15, 0.2) is 12.1 Å². The summed E-state index contributed by atoms with van der Waals surface area (Å²) in [5, 5.41) is 2.36. The zero-order chi connectivity index (χ0) is 21.5. The highest BCUT2D eigenvalue weighted by molar-refractivity contribution is 6.64. The molecule has 1 aliphatic heterocycles. The lowest BCUT2D eigenvalue weighted by Gasteiger charge is -2.32. The van der Waals surface area contributed by atoms with Crippen molar-refractivity contribution in [3.63, 3.8) is 0 Å². The van der Waals surface area contributed by atoms with Crippen molar-refractivity contribution in [3.8, 4) is 0 Å². The Morgan fingerprint density at radius 3 is 2.11 bits per heavy atom. The molecular weight excluding hydrogens is 368 g/mol. The fourth-order valence-electron chi connectivity index (χ4n) is 2.58. The van der Waals surface area contributed by atoms with Crippen LogP contribution in [-0.4, -0.2) is 43.1 Å². The molecule has 0 aliphatic carbocycles. The third-order valence-corrected chi connectivity index (χ3v) is 4.71. The number of halogens is 1. The van der Waals surface area contributed by atoms with E-state index in [2.05, 4.69) is 5.32 Å². The van der Waals surface area contributed by atoms with Gasteiger partial charge in [0, 0.05) is 5.46 Å². The van der Waals surface area contributed by atoms with Gasteiger partial charge in [-0.2, -0.15) is 0 Å². The highest BCUT2D eigenvalue weighted by Crippen LogP contribution is 2.37. The summed E-state index contributed by atoms with van der Waals surface area (Å²) in [5.41, 5.74) is -2.59. The molecule has 0 saturated carbocycles. The number of rotatable bonds is 3. The Labute approximate surface area is 165 Å². The first-order valence-electron chi connectivity index (χ1n) is 8.95. The van der Waals surface area contributed by atoms with Crippen molar-refractivity contribution in [1.29, 1.82) is 0 Å². The lowest BCUT2D eigenvalue weighted by atomic mass is 9.75. The number of esters is 1. The molecule has 1 heterocycles. The molecule has 1 N–H and O–H groups in total. The highest BCUT2D eigenvalue weighted by Gasteiger charge is 2.53. The van der Waals surface area contributed by atoms with Crippen LogP contribution in [0.5, 0.6) is 0 Å². The van der Waals surface area contributed by atoms with Crippen LogP contribution in [0.4, 0.5) is 14.9 Å². The van der Waals surface area contributed by atoms with Gasteiger partial charge in [-0.25, -0.2) is 14.0 Å². The summed E-state index contributed by atoms with van der Waals surface area (Å²) in [6, 6.07) is 2.61. The van der Waals surface area contributed by atoms with Crippen LogP contribution < -0.4 is 10.8 Å². The topological polar surface area (TPSA) is 83.1 Å². The van der Waals surface area contributed by atoms with Crippen molar-refractivity contribution >= 4 is 30.3 Å². The van der Waals surface area contributed by atoms with Gasteiger partial charge in [0.15, 0.2) is 0 Å². The minimum absolute atomic E-state index is 0.0479. The second-order valence-corrected chi connectivity index (χ2v) is 8.60. The van der Waals surface area contributed by atoms with Gasteiger partial charge in [-0.05, 0) is 60.6 Å². The minimum atomic E-state index is -1.15. The molecule has 7 nitrogen and oxygen atoms in total. The van der Waals surface area contributed by atoms with Gasteiger partial charge >= 0.3 is 19.2 Å². The van der Waals surface area contributed by atoms with Crippen LogP contribution in [0.25, 0.3) is 0 Å². The zero-order valence-electron chi connectivity index (χ0n) is 17.6. The van der Waals surface area contributed by atoms with Crippen LogP contribution in [-0.2, 0) is 18.8 Å². The average molecular weight is 395 g/mol. The molecule has 0 unspecified atom stereocenters. The van der Waals surface area contributed by atoms with E-state index in [0.717, 1.165) is 0 Å². The van der Waals surface area contributed by atoms with Gasteiger partial charge < -0.3 is 18.8 Å². The van der Waals surface area contributed by atoms with Gasteiger partial charge in [-0.1, -0.05) is 0 Å². The molecule has 28 heavy (non-hydrogen) atoms. The van der Waals surface area contributed by atoms with Gasteiger partial charge in [0.25, 0.3) is 0 Å². The normalized spacial score (nSPS) is 18.0. The zero-order valence-corrected chi connectivity index (χ0v) is 17.6. The van der Waals surface area contributed by atoms with Crippen LogP contribution in [0.1, 0.15) is 58.8 Å². The molecule has 1 aromatic rings. The second kappa shape index (κ2) is 7.37. The summed E-state index contributed by atoms with van der Waals surface area (Å²) in [5.74, 6) is -1.60. The van der Waals surface area contributed by atoms with Gasteiger partial charge in [0.05, 0.1) is 29.6 Å². The number of carbonyl (C=O) groups excluding carboxylic acids is 2. The molecule has 9 heteroatoms. The second-order valence-electron chi connectivity index (χ2n) is 8.60. The number of hydrogen-bond acceptors (Lipinski definition) is 6. The summed E-state index contributed by atoms with van der Waals surface area (Å²) < 4.78 is 37.0. The first-order chi connectivity index (χ1) is 12.7. The molecule has 1 fully saturated rings. The number of methoxy groups -OCH3 is 1. The quantitative estimate of drug-likeness (QED) is 0.625. The molecule has 154 valence electrons. The molecule has 0 bridgehead atoms. The van der Waals surface area contributed by atoms with E-state index in [9.17, 15) is 9.59 Å². The fraction of sp³-hybridized carbons (Fsp3) is 0.579. The number of anilines is 1. The van der Waals surface area contributed by atoms with Crippen LogP contribution >= 0.6 is 0 Å². The number of ether oxygens (including phenoxy) is 2. The number of nitrogens with one attached hydrogen (secondary N) is 1. The summed E-state index contributed by atoms with van der Waals surface area (Å²) in [6.07, 6.45) is -0.822. The smallest absolute Gasteiger partial charge is 0.465 e. The Morgan fingerprint density at radius 1 is 1.11 bits per heavy atom. The molecule has 0 atom stereocenters. The van der Waals surface area contributed by atoms with E-state index in [4.69, 9.17) is 18.8 Å². The maximum absolute atomic E-state index is 15.3. The van der Waals surface area contributed by atoms with Crippen molar-refractivity contribution in [3.05, 3.63) is 23.5 Å².